The molecule has 1 amide bonds. The van der Waals surface area contributed by atoms with Crippen molar-refractivity contribution in [3.63, 3.8) is 0 Å². The Morgan fingerprint density at radius 1 is 0.929 bits per heavy atom. The van der Waals surface area contributed by atoms with Crippen molar-refractivity contribution in [2.75, 3.05) is 0 Å². The Balaban J connectivity index is 2.05. The lowest BCUT2D eigenvalue weighted by Crippen LogP contribution is -2.30. The Labute approximate surface area is 169 Å². The van der Waals surface area contributed by atoms with Gasteiger partial charge in [0.05, 0.1) is 11.0 Å². The monoisotopic (exact) mass is 401 g/mol. The van der Waals surface area contributed by atoms with Gasteiger partial charge in [0.1, 0.15) is 0 Å². The Morgan fingerprint density at radius 3 is 2.11 bits per heavy atom. The third kappa shape index (κ3) is 5.93. The van der Waals surface area contributed by atoms with Crippen molar-refractivity contribution in [3.05, 3.63) is 70.3 Å². The second-order valence-corrected chi connectivity index (χ2v) is 10.4. The molecule has 2 aromatic rings. The maximum Gasteiger partial charge on any atom is 0.251 e. The number of nitrogens with one attached hydrogen (secondary N) is 1. The van der Waals surface area contributed by atoms with Gasteiger partial charge in [0.15, 0.2) is 9.84 Å². The first-order chi connectivity index (χ1) is 13.1. The van der Waals surface area contributed by atoms with Crippen LogP contribution in [0.2, 0.25) is 0 Å². The summed E-state index contributed by atoms with van der Waals surface area (Å²) < 4.78 is 24.1. The molecule has 0 aliphatic carbocycles. The molecule has 2 rings (SSSR count). The van der Waals surface area contributed by atoms with E-state index in [1.54, 1.807) is 13.8 Å². The zero-order valence-corrected chi connectivity index (χ0v) is 18.3. The third-order valence-electron chi connectivity index (χ3n) is 4.90. The second kappa shape index (κ2) is 9.37. The summed E-state index contributed by atoms with van der Waals surface area (Å²) in [4.78, 5) is 12.3. The summed E-state index contributed by atoms with van der Waals surface area (Å²) in [5.41, 5.74) is 4.87. The van der Waals surface area contributed by atoms with Gasteiger partial charge in [0.25, 0.3) is 5.91 Å². The van der Waals surface area contributed by atoms with E-state index >= 15 is 0 Å². The number of hydrogen-bond acceptors (Lipinski definition) is 3. The van der Waals surface area contributed by atoms with E-state index in [2.05, 4.69) is 11.4 Å². The van der Waals surface area contributed by atoms with Crippen LogP contribution in [0.3, 0.4) is 0 Å². The molecule has 0 fully saturated rings. The summed E-state index contributed by atoms with van der Waals surface area (Å²) in [6, 6.07) is 13.7. The average molecular weight is 402 g/mol. The highest BCUT2D eigenvalue weighted by Crippen LogP contribution is 2.18. The smallest absolute Gasteiger partial charge is 0.251 e. The Morgan fingerprint density at radius 2 is 1.54 bits per heavy atom. The Hall–Kier alpha value is -2.14. The van der Waals surface area contributed by atoms with E-state index in [0.29, 0.717) is 0 Å². The van der Waals surface area contributed by atoms with Crippen LogP contribution in [0.25, 0.3) is 0 Å². The van der Waals surface area contributed by atoms with Crippen LogP contribution in [0.4, 0.5) is 0 Å². The van der Waals surface area contributed by atoms with Gasteiger partial charge in [-0.3, -0.25) is 4.79 Å². The molecular weight excluding hydrogens is 370 g/mol. The molecule has 0 aliphatic heterocycles. The highest BCUT2D eigenvalue weighted by Gasteiger charge is 2.16. The third-order valence-corrected chi connectivity index (χ3v) is 7.07. The number of benzene rings is 2. The minimum Gasteiger partial charge on any atom is -0.350 e. The van der Waals surface area contributed by atoms with Crippen LogP contribution in [-0.2, 0) is 28.4 Å². The van der Waals surface area contributed by atoms with Crippen molar-refractivity contribution in [2.45, 2.75) is 64.5 Å². The first kappa shape index (κ1) is 22.2. The summed E-state index contributed by atoms with van der Waals surface area (Å²) >= 11 is 0. The van der Waals surface area contributed by atoms with Crippen molar-refractivity contribution in [1.29, 1.82) is 0 Å². The molecule has 0 bridgehead atoms. The van der Waals surface area contributed by atoms with Crippen LogP contribution in [-0.4, -0.2) is 25.6 Å². The van der Waals surface area contributed by atoms with Gasteiger partial charge in [-0.05, 0) is 75.8 Å². The van der Waals surface area contributed by atoms with Gasteiger partial charge in [0, 0.05) is 11.6 Å². The van der Waals surface area contributed by atoms with Crippen LogP contribution in [0.15, 0.2) is 42.5 Å². The Kier molecular flexibility index (Phi) is 7.41. The van der Waals surface area contributed by atoms with Crippen LogP contribution in [0, 0.1) is 6.92 Å². The zero-order chi connectivity index (χ0) is 20.9. The number of sulfone groups is 1. The van der Waals surface area contributed by atoms with Crippen molar-refractivity contribution in [1.82, 2.24) is 5.32 Å². The predicted molar refractivity (Wildman–Crippen MR) is 115 cm³/mol. The van der Waals surface area contributed by atoms with Gasteiger partial charge in [-0.2, -0.15) is 0 Å². The van der Waals surface area contributed by atoms with Gasteiger partial charge >= 0.3 is 0 Å². The lowest BCUT2D eigenvalue weighted by atomic mass is 9.96. The molecule has 28 heavy (non-hydrogen) atoms. The van der Waals surface area contributed by atoms with Crippen molar-refractivity contribution in [2.24, 2.45) is 0 Å². The van der Waals surface area contributed by atoms with E-state index < -0.39 is 9.84 Å². The summed E-state index contributed by atoms with van der Waals surface area (Å²) in [7, 11) is -3.08. The fraction of sp³-hybridized carbons (Fsp3) is 0.435. The van der Waals surface area contributed by atoms with Gasteiger partial charge < -0.3 is 5.32 Å². The van der Waals surface area contributed by atoms with Gasteiger partial charge in [-0.15, -0.1) is 0 Å². The largest absolute Gasteiger partial charge is 0.350 e. The number of hydrogen-bond donors (Lipinski definition) is 1. The summed E-state index contributed by atoms with van der Waals surface area (Å²) in [5.74, 6) is 0.0434. The van der Waals surface area contributed by atoms with Crippen LogP contribution in [0.1, 0.15) is 60.3 Å². The molecule has 2 aromatic carbocycles. The number of rotatable bonds is 8. The highest BCUT2D eigenvalue weighted by molar-refractivity contribution is 7.91. The lowest BCUT2D eigenvalue weighted by molar-refractivity contribution is 0.0942. The van der Waals surface area contributed by atoms with Crippen molar-refractivity contribution < 1.29 is 13.2 Å². The molecule has 0 saturated carbocycles. The molecule has 0 unspecified atom stereocenters. The minimum absolute atomic E-state index is 0.0370. The van der Waals surface area contributed by atoms with Crippen molar-refractivity contribution in [3.8, 4) is 0 Å². The molecule has 0 heterocycles. The highest BCUT2D eigenvalue weighted by atomic mass is 32.2. The molecule has 0 saturated heterocycles. The van der Waals surface area contributed by atoms with Crippen LogP contribution in [0.5, 0.6) is 0 Å². The standard InChI is InChI=1S/C23H31NO3S/c1-16(2)24-23(25)22-8-6-7-21(18(22)5)14-13-19-9-11-20(12-10-19)15-28(26,27)17(3)4/h6-12,16-17H,13-15H2,1-5H3,(H,24,25). The molecule has 0 radical (unpaired) electrons. The van der Waals surface area contributed by atoms with E-state index in [9.17, 15) is 13.2 Å². The van der Waals surface area contributed by atoms with E-state index in [0.717, 1.165) is 40.7 Å². The maximum atomic E-state index is 12.3. The van der Waals surface area contributed by atoms with E-state index in [-0.39, 0.29) is 23.0 Å². The number of aryl methyl sites for hydroxylation is 2. The minimum atomic E-state index is -3.08. The fourth-order valence-electron chi connectivity index (χ4n) is 3.02. The molecule has 0 aromatic heterocycles. The summed E-state index contributed by atoms with van der Waals surface area (Å²) in [6.45, 7) is 9.31. The molecule has 1 N–H and O–H groups in total. The predicted octanol–water partition coefficient (Wildman–Crippen LogP) is 4.24. The topological polar surface area (TPSA) is 63.2 Å². The molecule has 0 spiro atoms. The normalized spacial score (nSPS) is 11.8. The van der Waals surface area contributed by atoms with Crippen LogP contribution >= 0.6 is 0 Å². The second-order valence-electron chi connectivity index (χ2n) is 7.89. The van der Waals surface area contributed by atoms with E-state index in [4.69, 9.17) is 0 Å². The van der Waals surface area contributed by atoms with Gasteiger partial charge in [0.2, 0.25) is 0 Å². The van der Waals surface area contributed by atoms with E-state index in [1.807, 2.05) is 57.2 Å². The Bertz CT molecular complexity index is 913. The van der Waals surface area contributed by atoms with Crippen LogP contribution < -0.4 is 5.32 Å². The first-order valence-electron chi connectivity index (χ1n) is 9.79. The zero-order valence-electron chi connectivity index (χ0n) is 17.5. The fourth-order valence-corrected chi connectivity index (χ4v) is 4.01. The molecule has 152 valence electrons. The van der Waals surface area contributed by atoms with E-state index in [1.165, 1.54) is 0 Å². The SMILES string of the molecule is Cc1c(CCc2ccc(CS(=O)(=O)C(C)C)cc2)cccc1C(=O)NC(C)C. The molecule has 4 nitrogen and oxygen atoms in total. The summed E-state index contributed by atoms with van der Waals surface area (Å²) in [5, 5.41) is 2.58. The van der Waals surface area contributed by atoms with Crippen molar-refractivity contribution >= 4 is 15.7 Å². The molecule has 5 heteroatoms. The van der Waals surface area contributed by atoms with Gasteiger partial charge in [-0.1, -0.05) is 36.4 Å². The number of carbonyl (C=O) groups excluding carboxylic acids is 1. The first-order valence-corrected chi connectivity index (χ1v) is 11.5. The molecular formula is C23H31NO3S. The number of amides is 1. The van der Waals surface area contributed by atoms with Gasteiger partial charge in [-0.25, -0.2) is 8.42 Å². The average Bonchev–Trinajstić information content (AvgIpc) is 2.61. The molecule has 0 atom stereocenters. The maximum absolute atomic E-state index is 12.3. The number of carbonyl (C=O) groups is 1. The lowest BCUT2D eigenvalue weighted by Gasteiger charge is -2.13. The quantitative estimate of drug-likeness (QED) is 0.719. The molecule has 0 aliphatic rings. The summed E-state index contributed by atoms with van der Waals surface area (Å²) in [6.07, 6.45) is 1.67.